The van der Waals surface area contributed by atoms with Crippen molar-refractivity contribution in [3.8, 4) is 5.75 Å². The molecule has 0 bridgehead atoms. The number of benzene rings is 1. The Morgan fingerprint density at radius 3 is 2.65 bits per heavy atom. The van der Waals surface area contributed by atoms with Gasteiger partial charge in [-0.25, -0.2) is 13.1 Å². The van der Waals surface area contributed by atoms with E-state index in [1.54, 1.807) is 0 Å². The van der Waals surface area contributed by atoms with Crippen LogP contribution in [-0.2, 0) is 14.8 Å². The number of phenols is 1. The number of hydrogen-bond donors (Lipinski definition) is 4. The van der Waals surface area contributed by atoms with Crippen LogP contribution in [0.25, 0.3) is 0 Å². The van der Waals surface area contributed by atoms with Gasteiger partial charge < -0.3 is 16.2 Å². The second-order valence-corrected chi connectivity index (χ2v) is 6.45. The third-order valence-corrected chi connectivity index (χ3v) is 4.43. The first kappa shape index (κ1) is 14.6. The molecule has 5 N–H and O–H groups in total. The summed E-state index contributed by atoms with van der Waals surface area (Å²) in [6.07, 6.45) is 1.81. The van der Waals surface area contributed by atoms with Crippen molar-refractivity contribution in [2.45, 2.75) is 17.7 Å². The highest BCUT2D eigenvalue weighted by atomic mass is 32.2. The van der Waals surface area contributed by atoms with Crippen LogP contribution in [0.2, 0.25) is 0 Å². The Kier molecular flexibility index (Phi) is 4.15. The molecule has 1 amide bonds. The SMILES string of the molecule is Nc1cc(S(=O)(=O)NCCNC(=O)C2CC2)ccc1O. The number of anilines is 1. The molecule has 1 fully saturated rings. The predicted octanol–water partition coefficient (Wildman–Crippen LogP) is -0.221. The summed E-state index contributed by atoms with van der Waals surface area (Å²) in [5, 5.41) is 11.9. The quantitative estimate of drug-likeness (QED) is 0.329. The Labute approximate surface area is 117 Å². The van der Waals surface area contributed by atoms with E-state index in [1.165, 1.54) is 18.2 Å². The standard InChI is InChI=1S/C12H17N3O4S/c13-10-7-9(3-4-11(10)16)20(18,19)15-6-5-14-12(17)8-1-2-8/h3-4,7-8,15-16H,1-2,5-6,13H2,(H,14,17). The van der Waals surface area contributed by atoms with Crippen LogP contribution in [-0.4, -0.2) is 32.5 Å². The van der Waals surface area contributed by atoms with E-state index >= 15 is 0 Å². The van der Waals surface area contributed by atoms with E-state index in [0.29, 0.717) is 0 Å². The molecule has 20 heavy (non-hydrogen) atoms. The van der Waals surface area contributed by atoms with Gasteiger partial charge in [-0.3, -0.25) is 4.79 Å². The van der Waals surface area contributed by atoms with Gasteiger partial charge in [0.05, 0.1) is 10.6 Å². The van der Waals surface area contributed by atoms with E-state index in [2.05, 4.69) is 10.0 Å². The number of amides is 1. The van der Waals surface area contributed by atoms with Crippen molar-refractivity contribution >= 4 is 21.6 Å². The molecule has 0 aromatic heterocycles. The lowest BCUT2D eigenvalue weighted by atomic mass is 10.3. The van der Waals surface area contributed by atoms with Crippen LogP contribution >= 0.6 is 0 Å². The molecule has 2 rings (SSSR count). The molecule has 0 atom stereocenters. The van der Waals surface area contributed by atoms with Crippen molar-refractivity contribution in [3.05, 3.63) is 18.2 Å². The molecular formula is C12H17N3O4S. The second-order valence-electron chi connectivity index (χ2n) is 4.68. The highest BCUT2D eigenvalue weighted by Gasteiger charge is 2.29. The predicted molar refractivity (Wildman–Crippen MR) is 73.4 cm³/mol. The van der Waals surface area contributed by atoms with Crippen molar-refractivity contribution in [2.75, 3.05) is 18.8 Å². The fourth-order valence-corrected chi connectivity index (χ4v) is 2.71. The summed E-state index contributed by atoms with van der Waals surface area (Å²) in [6, 6.07) is 3.66. The molecule has 1 aromatic rings. The minimum absolute atomic E-state index is 0.00471. The van der Waals surface area contributed by atoms with Gasteiger partial charge >= 0.3 is 0 Å². The van der Waals surface area contributed by atoms with E-state index in [9.17, 15) is 18.3 Å². The first-order chi connectivity index (χ1) is 9.40. The van der Waals surface area contributed by atoms with Crippen LogP contribution in [0.15, 0.2) is 23.1 Å². The van der Waals surface area contributed by atoms with Gasteiger partial charge in [-0.15, -0.1) is 0 Å². The lowest BCUT2D eigenvalue weighted by Crippen LogP contribution is -2.35. The number of phenolic OH excluding ortho intramolecular Hbond substituents is 1. The summed E-state index contributed by atoms with van der Waals surface area (Å²) < 4.78 is 26.2. The Morgan fingerprint density at radius 2 is 2.05 bits per heavy atom. The van der Waals surface area contributed by atoms with Crippen molar-refractivity contribution < 1.29 is 18.3 Å². The number of nitrogen functional groups attached to an aromatic ring is 1. The molecule has 1 aromatic carbocycles. The number of nitrogens with two attached hydrogens (primary N) is 1. The summed E-state index contributed by atoms with van der Waals surface area (Å²) in [6.45, 7) is 0.337. The van der Waals surface area contributed by atoms with Crippen molar-refractivity contribution in [1.82, 2.24) is 10.0 Å². The smallest absolute Gasteiger partial charge is 0.240 e. The maximum Gasteiger partial charge on any atom is 0.240 e. The van der Waals surface area contributed by atoms with Crippen LogP contribution in [0.3, 0.4) is 0 Å². The first-order valence-corrected chi connectivity index (χ1v) is 7.74. The molecule has 1 saturated carbocycles. The van der Waals surface area contributed by atoms with E-state index in [4.69, 9.17) is 5.73 Å². The Hall–Kier alpha value is -1.80. The molecular weight excluding hydrogens is 282 g/mol. The monoisotopic (exact) mass is 299 g/mol. The minimum Gasteiger partial charge on any atom is -0.506 e. The molecule has 1 aliphatic carbocycles. The topological polar surface area (TPSA) is 122 Å². The number of nitrogens with one attached hydrogen (secondary N) is 2. The zero-order chi connectivity index (χ0) is 14.8. The van der Waals surface area contributed by atoms with E-state index in [-0.39, 0.29) is 41.2 Å². The van der Waals surface area contributed by atoms with Crippen LogP contribution in [0, 0.1) is 5.92 Å². The summed E-state index contributed by atoms with van der Waals surface area (Å²) >= 11 is 0. The molecule has 110 valence electrons. The second kappa shape index (κ2) is 5.68. The van der Waals surface area contributed by atoms with Crippen LogP contribution in [0.4, 0.5) is 5.69 Å². The molecule has 0 aliphatic heterocycles. The minimum atomic E-state index is -3.69. The Morgan fingerprint density at radius 1 is 1.35 bits per heavy atom. The summed E-state index contributed by atoms with van der Waals surface area (Å²) in [4.78, 5) is 11.3. The average molecular weight is 299 g/mol. The van der Waals surface area contributed by atoms with Gasteiger partial charge in [-0.1, -0.05) is 0 Å². The fourth-order valence-electron chi connectivity index (χ4n) is 1.64. The van der Waals surface area contributed by atoms with Crippen molar-refractivity contribution in [1.29, 1.82) is 0 Å². The first-order valence-electron chi connectivity index (χ1n) is 6.26. The molecule has 8 heteroatoms. The number of hydrogen-bond acceptors (Lipinski definition) is 5. The van der Waals surface area contributed by atoms with Gasteiger partial charge in [0.2, 0.25) is 15.9 Å². The lowest BCUT2D eigenvalue weighted by molar-refractivity contribution is -0.122. The van der Waals surface area contributed by atoms with E-state index in [1.807, 2.05) is 0 Å². The molecule has 0 unspecified atom stereocenters. The highest BCUT2D eigenvalue weighted by molar-refractivity contribution is 7.89. The summed E-state index contributed by atoms with van der Waals surface area (Å²) in [7, 11) is -3.69. The van der Waals surface area contributed by atoms with Crippen molar-refractivity contribution in [3.63, 3.8) is 0 Å². The van der Waals surface area contributed by atoms with Crippen LogP contribution in [0.1, 0.15) is 12.8 Å². The molecule has 0 saturated heterocycles. The Balaban J connectivity index is 1.86. The molecule has 0 heterocycles. The molecule has 0 spiro atoms. The number of carbonyl (C=O) groups is 1. The lowest BCUT2D eigenvalue weighted by Gasteiger charge is -2.09. The number of rotatable bonds is 6. The van der Waals surface area contributed by atoms with Gasteiger partial charge in [0.1, 0.15) is 5.75 Å². The largest absolute Gasteiger partial charge is 0.506 e. The maximum absolute atomic E-state index is 11.9. The average Bonchev–Trinajstić information content (AvgIpc) is 3.22. The highest BCUT2D eigenvalue weighted by Crippen LogP contribution is 2.28. The van der Waals surface area contributed by atoms with Gasteiger partial charge in [0.15, 0.2) is 0 Å². The van der Waals surface area contributed by atoms with Gasteiger partial charge in [0.25, 0.3) is 0 Å². The Bertz CT molecular complexity index is 611. The zero-order valence-electron chi connectivity index (χ0n) is 10.8. The summed E-state index contributed by atoms with van der Waals surface area (Å²) in [5.74, 6) is -0.0952. The van der Waals surface area contributed by atoms with Gasteiger partial charge in [0, 0.05) is 19.0 Å². The molecule has 0 radical (unpaired) electrons. The van der Waals surface area contributed by atoms with Gasteiger partial charge in [-0.2, -0.15) is 0 Å². The normalized spacial score (nSPS) is 15.0. The zero-order valence-corrected chi connectivity index (χ0v) is 11.6. The van der Waals surface area contributed by atoms with Crippen molar-refractivity contribution in [2.24, 2.45) is 5.92 Å². The number of sulfonamides is 1. The van der Waals surface area contributed by atoms with Crippen LogP contribution in [0.5, 0.6) is 5.75 Å². The third kappa shape index (κ3) is 3.61. The molecule has 1 aliphatic rings. The number of aromatic hydroxyl groups is 1. The number of carbonyl (C=O) groups excluding carboxylic acids is 1. The third-order valence-electron chi connectivity index (χ3n) is 2.97. The van der Waals surface area contributed by atoms with Crippen LogP contribution < -0.4 is 15.8 Å². The van der Waals surface area contributed by atoms with E-state index in [0.717, 1.165) is 12.8 Å². The molecule has 7 nitrogen and oxygen atoms in total. The fraction of sp³-hybridized carbons (Fsp3) is 0.417. The van der Waals surface area contributed by atoms with Gasteiger partial charge in [-0.05, 0) is 31.0 Å². The summed E-state index contributed by atoms with van der Waals surface area (Å²) in [5.41, 5.74) is 5.45. The maximum atomic E-state index is 11.9. The van der Waals surface area contributed by atoms with E-state index < -0.39 is 10.0 Å².